The highest BCUT2D eigenvalue weighted by molar-refractivity contribution is 5.79. The van der Waals surface area contributed by atoms with E-state index in [1.54, 1.807) is 18.3 Å². The van der Waals surface area contributed by atoms with Gasteiger partial charge < -0.3 is 4.42 Å². The Balaban J connectivity index is 2.92. The maximum absolute atomic E-state index is 8.63. The standard InChI is InChI=1S/C8H4N2O/c9-5-6-1-3-10-8-7(6)2-4-11-8/h1-4H. The van der Waals surface area contributed by atoms with E-state index in [-0.39, 0.29) is 0 Å². The highest BCUT2D eigenvalue weighted by Gasteiger charge is 2.01. The first kappa shape index (κ1) is 5.93. The number of nitrogens with zero attached hydrogens (tertiary/aromatic N) is 2. The molecule has 11 heavy (non-hydrogen) atoms. The molecule has 0 aliphatic carbocycles. The Morgan fingerprint density at radius 2 is 2.36 bits per heavy atom. The van der Waals surface area contributed by atoms with Crippen LogP contribution in [0.3, 0.4) is 0 Å². The number of nitriles is 1. The highest BCUT2D eigenvalue weighted by Crippen LogP contribution is 2.15. The Labute approximate surface area is 62.9 Å². The molecule has 0 amide bonds. The molecule has 0 aromatic carbocycles. The molecule has 0 fully saturated rings. The minimum Gasteiger partial charge on any atom is -0.446 e. The van der Waals surface area contributed by atoms with E-state index in [0.29, 0.717) is 11.3 Å². The Kier molecular flexibility index (Phi) is 1.13. The molecule has 2 aromatic rings. The molecule has 3 nitrogen and oxygen atoms in total. The van der Waals surface area contributed by atoms with E-state index in [4.69, 9.17) is 9.68 Å². The van der Waals surface area contributed by atoms with Gasteiger partial charge in [-0.1, -0.05) is 0 Å². The van der Waals surface area contributed by atoms with Crippen LogP contribution in [0.4, 0.5) is 0 Å². The normalized spacial score (nSPS) is 9.73. The van der Waals surface area contributed by atoms with Crippen molar-refractivity contribution in [3.05, 3.63) is 30.2 Å². The third-order valence-corrected chi connectivity index (χ3v) is 1.49. The molecule has 0 saturated heterocycles. The van der Waals surface area contributed by atoms with Crippen LogP contribution in [0.2, 0.25) is 0 Å². The van der Waals surface area contributed by atoms with E-state index < -0.39 is 0 Å². The number of hydrogen-bond donors (Lipinski definition) is 0. The number of aromatic nitrogens is 1. The third kappa shape index (κ3) is 0.767. The van der Waals surface area contributed by atoms with Crippen LogP contribution in [0.5, 0.6) is 0 Å². The van der Waals surface area contributed by atoms with Gasteiger partial charge in [0.05, 0.1) is 17.2 Å². The van der Waals surface area contributed by atoms with Crippen molar-refractivity contribution in [1.82, 2.24) is 4.98 Å². The van der Waals surface area contributed by atoms with E-state index in [1.165, 1.54) is 6.26 Å². The highest BCUT2D eigenvalue weighted by atomic mass is 16.3. The van der Waals surface area contributed by atoms with Crippen LogP contribution in [0.15, 0.2) is 29.0 Å². The lowest BCUT2D eigenvalue weighted by atomic mass is 10.2. The van der Waals surface area contributed by atoms with Crippen molar-refractivity contribution in [1.29, 1.82) is 5.26 Å². The zero-order valence-electron chi connectivity index (χ0n) is 5.61. The summed E-state index contributed by atoms with van der Waals surface area (Å²) in [5.41, 5.74) is 1.12. The molecule has 0 radical (unpaired) electrons. The second-order valence-corrected chi connectivity index (χ2v) is 2.11. The fraction of sp³-hybridized carbons (Fsp3) is 0. The lowest BCUT2D eigenvalue weighted by Crippen LogP contribution is -1.76. The van der Waals surface area contributed by atoms with E-state index in [1.807, 2.05) is 0 Å². The Morgan fingerprint density at radius 3 is 3.18 bits per heavy atom. The molecule has 0 aliphatic rings. The van der Waals surface area contributed by atoms with Gasteiger partial charge in [-0.15, -0.1) is 0 Å². The van der Waals surface area contributed by atoms with Gasteiger partial charge >= 0.3 is 0 Å². The predicted molar refractivity (Wildman–Crippen MR) is 38.7 cm³/mol. The minimum atomic E-state index is 0.518. The van der Waals surface area contributed by atoms with Crippen molar-refractivity contribution in [2.24, 2.45) is 0 Å². The molecule has 0 unspecified atom stereocenters. The minimum absolute atomic E-state index is 0.518. The molecule has 0 spiro atoms. The monoisotopic (exact) mass is 144 g/mol. The molecule has 0 saturated carbocycles. The Morgan fingerprint density at radius 1 is 1.45 bits per heavy atom. The van der Waals surface area contributed by atoms with Crippen LogP contribution in [-0.2, 0) is 0 Å². The molecule has 2 rings (SSSR count). The van der Waals surface area contributed by atoms with Crippen LogP contribution < -0.4 is 0 Å². The first-order valence-electron chi connectivity index (χ1n) is 3.14. The summed E-state index contributed by atoms with van der Waals surface area (Å²) in [6.07, 6.45) is 3.09. The molecule has 2 aromatic heterocycles. The summed E-state index contributed by atoms with van der Waals surface area (Å²) in [5.74, 6) is 0. The van der Waals surface area contributed by atoms with Crippen molar-refractivity contribution >= 4 is 11.1 Å². The third-order valence-electron chi connectivity index (χ3n) is 1.49. The van der Waals surface area contributed by atoms with Crippen molar-refractivity contribution in [2.75, 3.05) is 0 Å². The Hall–Kier alpha value is -1.82. The molecule has 0 atom stereocenters. The van der Waals surface area contributed by atoms with E-state index in [9.17, 15) is 0 Å². The summed E-state index contributed by atoms with van der Waals surface area (Å²) < 4.78 is 5.00. The number of rotatable bonds is 0. The van der Waals surface area contributed by atoms with Crippen LogP contribution >= 0.6 is 0 Å². The van der Waals surface area contributed by atoms with Crippen molar-refractivity contribution < 1.29 is 4.42 Å². The van der Waals surface area contributed by atoms with Gasteiger partial charge in [-0.3, -0.25) is 0 Å². The number of fused-ring (bicyclic) bond motifs is 1. The average Bonchev–Trinajstić information content (AvgIpc) is 2.50. The van der Waals surface area contributed by atoms with Crippen molar-refractivity contribution in [3.8, 4) is 6.07 Å². The first-order valence-corrected chi connectivity index (χ1v) is 3.14. The van der Waals surface area contributed by atoms with Crippen LogP contribution in [0.1, 0.15) is 5.56 Å². The molecular formula is C8H4N2O. The van der Waals surface area contributed by atoms with Crippen LogP contribution in [-0.4, -0.2) is 4.98 Å². The number of furan rings is 1. The van der Waals surface area contributed by atoms with E-state index >= 15 is 0 Å². The molecule has 52 valence electrons. The fourth-order valence-electron chi connectivity index (χ4n) is 0.973. The van der Waals surface area contributed by atoms with Gasteiger partial charge in [0.15, 0.2) is 0 Å². The SMILES string of the molecule is N#Cc1ccnc2occc12. The first-order chi connectivity index (χ1) is 5.42. The van der Waals surface area contributed by atoms with Crippen molar-refractivity contribution in [3.63, 3.8) is 0 Å². The molecule has 3 heteroatoms. The predicted octanol–water partition coefficient (Wildman–Crippen LogP) is 1.70. The molecule has 0 N–H and O–H groups in total. The molecular weight excluding hydrogens is 140 g/mol. The zero-order valence-corrected chi connectivity index (χ0v) is 5.61. The van der Waals surface area contributed by atoms with E-state index in [0.717, 1.165) is 5.39 Å². The Bertz CT molecular complexity index is 425. The summed E-state index contributed by atoms with van der Waals surface area (Å²) in [7, 11) is 0. The maximum atomic E-state index is 8.63. The van der Waals surface area contributed by atoms with E-state index in [2.05, 4.69) is 11.1 Å². The smallest absolute Gasteiger partial charge is 0.227 e. The van der Waals surface area contributed by atoms with Gasteiger partial charge in [-0.2, -0.15) is 5.26 Å². The second-order valence-electron chi connectivity index (χ2n) is 2.11. The lowest BCUT2D eigenvalue weighted by molar-refractivity contribution is 0.603. The van der Waals surface area contributed by atoms with Gasteiger partial charge in [0.2, 0.25) is 5.71 Å². The van der Waals surface area contributed by atoms with Crippen LogP contribution in [0.25, 0.3) is 11.1 Å². The topological polar surface area (TPSA) is 49.8 Å². The average molecular weight is 144 g/mol. The lowest BCUT2D eigenvalue weighted by Gasteiger charge is -1.87. The van der Waals surface area contributed by atoms with Crippen LogP contribution in [0, 0.1) is 11.3 Å². The maximum Gasteiger partial charge on any atom is 0.227 e. The van der Waals surface area contributed by atoms with Gasteiger partial charge in [-0.05, 0) is 12.1 Å². The molecule has 2 heterocycles. The van der Waals surface area contributed by atoms with Gasteiger partial charge in [0.1, 0.15) is 6.07 Å². The summed E-state index contributed by atoms with van der Waals surface area (Å²) in [4.78, 5) is 3.93. The molecule has 0 bridgehead atoms. The summed E-state index contributed by atoms with van der Waals surface area (Å²) >= 11 is 0. The summed E-state index contributed by atoms with van der Waals surface area (Å²) in [6.45, 7) is 0. The number of hydrogen-bond acceptors (Lipinski definition) is 3. The quantitative estimate of drug-likeness (QED) is 0.565. The van der Waals surface area contributed by atoms with Gasteiger partial charge in [0.25, 0.3) is 0 Å². The zero-order chi connectivity index (χ0) is 7.68. The van der Waals surface area contributed by atoms with Crippen molar-refractivity contribution in [2.45, 2.75) is 0 Å². The number of pyridine rings is 1. The summed E-state index contributed by atoms with van der Waals surface area (Å²) in [6, 6.07) is 5.46. The molecule has 0 aliphatic heterocycles. The largest absolute Gasteiger partial charge is 0.446 e. The van der Waals surface area contributed by atoms with Gasteiger partial charge in [-0.25, -0.2) is 4.98 Å². The second kappa shape index (κ2) is 2.10. The fourth-order valence-corrected chi connectivity index (χ4v) is 0.973. The summed E-state index contributed by atoms with van der Waals surface area (Å²) in [5, 5.41) is 9.41. The van der Waals surface area contributed by atoms with Gasteiger partial charge in [0, 0.05) is 6.20 Å².